The van der Waals surface area contributed by atoms with E-state index in [1.165, 1.54) is 22.6 Å². The highest BCUT2D eigenvalue weighted by molar-refractivity contribution is 7.13. The van der Waals surface area contributed by atoms with Gasteiger partial charge in [-0.05, 0) is 34.7 Å². The molecule has 0 unspecified atom stereocenters. The number of halogens is 2. The van der Waals surface area contributed by atoms with Crippen LogP contribution < -0.4 is 0 Å². The molecule has 0 fully saturated rings. The third-order valence-corrected chi connectivity index (χ3v) is 5.90. The van der Waals surface area contributed by atoms with Gasteiger partial charge in [0.1, 0.15) is 5.70 Å². The number of hydrogen-bond acceptors (Lipinski definition) is 4. The Morgan fingerprint density at radius 3 is 2.53 bits per heavy atom. The van der Waals surface area contributed by atoms with Gasteiger partial charge >= 0.3 is 0 Å². The molecule has 0 atom stereocenters. The molecule has 0 saturated carbocycles. The molecule has 0 spiro atoms. The highest BCUT2D eigenvalue weighted by Crippen LogP contribution is 2.26. The Morgan fingerprint density at radius 2 is 1.78 bits per heavy atom. The van der Waals surface area contributed by atoms with Crippen LogP contribution in [0.5, 0.6) is 0 Å². The first-order valence-corrected chi connectivity index (χ1v) is 11.4. The topological polar surface area (TPSA) is 28.0 Å². The van der Waals surface area contributed by atoms with Crippen molar-refractivity contribution in [1.82, 2.24) is 4.90 Å². The maximum absolute atomic E-state index is 14.1. The summed E-state index contributed by atoms with van der Waals surface area (Å²) in [7, 11) is 0. The SMILES string of the molecule is CC.Fc1cccc(C2=NC3=CN(Cc4ccc(-c5cccs5)cc4)C=CCC3=N2)c1F. The smallest absolute Gasteiger partial charge is 0.169 e. The molecular weight excluding hydrogens is 424 g/mol. The number of amidine groups is 1. The van der Waals surface area contributed by atoms with Crippen molar-refractivity contribution in [2.75, 3.05) is 0 Å². The van der Waals surface area contributed by atoms with Crippen molar-refractivity contribution in [3.05, 3.63) is 107 Å². The first kappa shape index (κ1) is 21.8. The molecule has 3 aromatic rings. The number of hydrogen-bond donors (Lipinski definition) is 0. The van der Waals surface area contributed by atoms with Gasteiger partial charge in [0.05, 0.1) is 11.3 Å². The molecule has 1 aromatic heterocycles. The fourth-order valence-corrected chi connectivity index (χ4v) is 4.20. The lowest BCUT2D eigenvalue weighted by atomic mass is 10.1. The van der Waals surface area contributed by atoms with E-state index in [1.54, 1.807) is 11.3 Å². The van der Waals surface area contributed by atoms with Gasteiger partial charge in [-0.3, -0.25) is 0 Å². The fraction of sp³-hybridized carbons (Fsp3) is 0.154. The van der Waals surface area contributed by atoms with Gasteiger partial charge in [-0.25, -0.2) is 18.8 Å². The van der Waals surface area contributed by atoms with E-state index in [0.717, 1.165) is 17.3 Å². The van der Waals surface area contributed by atoms with Gasteiger partial charge in [-0.15, -0.1) is 11.3 Å². The number of nitrogens with zero attached hydrogens (tertiary/aromatic N) is 3. The zero-order chi connectivity index (χ0) is 22.5. The minimum Gasteiger partial charge on any atom is -0.348 e. The van der Waals surface area contributed by atoms with Gasteiger partial charge < -0.3 is 4.90 Å². The molecule has 3 heterocycles. The summed E-state index contributed by atoms with van der Waals surface area (Å²) < 4.78 is 27.7. The zero-order valence-electron chi connectivity index (χ0n) is 17.9. The van der Waals surface area contributed by atoms with Crippen molar-refractivity contribution in [2.24, 2.45) is 9.98 Å². The molecule has 3 nitrogen and oxygen atoms in total. The quantitative estimate of drug-likeness (QED) is 0.416. The number of benzene rings is 2. The molecule has 0 aliphatic carbocycles. The number of aliphatic imine (C=N–C) groups is 2. The predicted molar refractivity (Wildman–Crippen MR) is 129 cm³/mol. The Kier molecular flexibility index (Phi) is 6.71. The summed E-state index contributed by atoms with van der Waals surface area (Å²) in [5, 5.41) is 2.07. The molecule has 2 aliphatic rings. The summed E-state index contributed by atoms with van der Waals surface area (Å²) in [5.74, 6) is -1.61. The van der Waals surface area contributed by atoms with E-state index in [9.17, 15) is 8.78 Å². The van der Waals surface area contributed by atoms with E-state index in [0.29, 0.717) is 18.7 Å². The maximum Gasteiger partial charge on any atom is 0.169 e. The number of fused-ring (bicyclic) bond motifs is 1. The van der Waals surface area contributed by atoms with E-state index in [-0.39, 0.29) is 11.4 Å². The van der Waals surface area contributed by atoms with Crippen LogP contribution in [-0.4, -0.2) is 16.4 Å². The second-order valence-electron chi connectivity index (χ2n) is 7.05. The summed E-state index contributed by atoms with van der Waals surface area (Å²) in [6.07, 6.45) is 6.49. The van der Waals surface area contributed by atoms with Crippen molar-refractivity contribution in [2.45, 2.75) is 26.8 Å². The molecule has 0 N–H and O–H groups in total. The van der Waals surface area contributed by atoms with Crippen LogP contribution in [0.1, 0.15) is 31.4 Å². The van der Waals surface area contributed by atoms with Crippen LogP contribution in [-0.2, 0) is 6.54 Å². The first-order chi connectivity index (χ1) is 15.7. The minimum absolute atomic E-state index is 0.0798. The Morgan fingerprint density at radius 1 is 0.969 bits per heavy atom. The largest absolute Gasteiger partial charge is 0.348 e. The molecule has 32 heavy (non-hydrogen) atoms. The number of allylic oxidation sites excluding steroid dienone is 2. The lowest BCUT2D eigenvalue weighted by Crippen LogP contribution is -2.09. The van der Waals surface area contributed by atoms with Gasteiger partial charge in [0.15, 0.2) is 17.5 Å². The lowest BCUT2D eigenvalue weighted by molar-refractivity contribution is 0.499. The van der Waals surface area contributed by atoms with E-state index >= 15 is 0 Å². The monoisotopic (exact) mass is 447 g/mol. The number of thiophene rings is 1. The summed E-state index contributed by atoms with van der Waals surface area (Å²) in [6, 6.07) is 16.7. The van der Waals surface area contributed by atoms with E-state index < -0.39 is 11.6 Å². The van der Waals surface area contributed by atoms with E-state index in [4.69, 9.17) is 0 Å². The van der Waals surface area contributed by atoms with Gasteiger partial charge in [-0.2, -0.15) is 0 Å². The average molecular weight is 448 g/mol. The average Bonchev–Trinajstić information content (AvgIpc) is 3.45. The highest BCUT2D eigenvalue weighted by atomic mass is 32.1. The van der Waals surface area contributed by atoms with Crippen LogP contribution in [0.15, 0.2) is 94.1 Å². The second kappa shape index (κ2) is 9.83. The Balaban J connectivity index is 0.00000119. The van der Waals surface area contributed by atoms with E-state index in [2.05, 4.69) is 45.7 Å². The van der Waals surface area contributed by atoms with Crippen molar-refractivity contribution in [3.63, 3.8) is 0 Å². The van der Waals surface area contributed by atoms with E-state index in [1.807, 2.05) is 43.3 Å². The highest BCUT2D eigenvalue weighted by Gasteiger charge is 2.22. The summed E-state index contributed by atoms with van der Waals surface area (Å²) in [6.45, 7) is 4.68. The third kappa shape index (κ3) is 4.60. The Labute approximate surface area is 190 Å². The van der Waals surface area contributed by atoms with Crippen LogP contribution in [0, 0.1) is 11.6 Å². The van der Waals surface area contributed by atoms with Gasteiger partial charge in [0.25, 0.3) is 0 Å². The summed E-state index contributed by atoms with van der Waals surface area (Å²) in [5.41, 5.74) is 3.87. The summed E-state index contributed by atoms with van der Waals surface area (Å²) >= 11 is 1.72. The Bertz CT molecular complexity index is 1210. The molecule has 6 heteroatoms. The molecule has 0 radical (unpaired) electrons. The van der Waals surface area contributed by atoms with Crippen LogP contribution in [0.2, 0.25) is 0 Å². The van der Waals surface area contributed by atoms with Crippen LogP contribution >= 0.6 is 11.3 Å². The van der Waals surface area contributed by atoms with Crippen molar-refractivity contribution >= 4 is 22.9 Å². The normalized spacial score (nSPS) is 14.6. The molecule has 2 aromatic carbocycles. The molecule has 5 rings (SSSR count). The van der Waals surface area contributed by atoms with Gasteiger partial charge in [0.2, 0.25) is 0 Å². The molecule has 2 aliphatic heterocycles. The molecular formula is C26H23F2N3S. The molecule has 0 saturated heterocycles. The Hall–Kier alpha value is -3.38. The van der Waals surface area contributed by atoms with Crippen molar-refractivity contribution in [3.8, 4) is 10.4 Å². The van der Waals surface area contributed by atoms with Crippen LogP contribution in [0.3, 0.4) is 0 Å². The maximum atomic E-state index is 14.1. The lowest BCUT2D eigenvalue weighted by Gasteiger charge is -2.15. The molecule has 0 bridgehead atoms. The van der Waals surface area contributed by atoms with Gasteiger partial charge in [-0.1, -0.05) is 56.3 Å². The van der Waals surface area contributed by atoms with Gasteiger partial charge in [0, 0.05) is 30.2 Å². The second-order valence-corrected chi connectivity index (χ2v) is 7.99. The standard InChI is InChI=1S/C24H17F2N3S.C2H6/c25-19-5-1-4-18(23(19)26)24-27-20-6-2-12-29(15-21(20)28-24)14-16-8-10-17(11-9-16)22-7-3-13-30-22;1-2/h1-5,7-13,15H,6,14H2;1-2H3. The van der Waals surface area contributed by atoms with Crippen LogP contribution in [0.25, 0.3) is 10.4 Å². The summed E-state index contributed by atoms with van der Waals surface area (Å²) in [4.78, 5) is 12.2. The van der Waals surface area contributed by atoms with Crippen molar-refractivity contribution in [1.29, 1.82) is 0 Å². The van der Waals surface area contributed by atoms with Crippen LogP contribution in [0.4, 0.5) is 8.78 Å². The molecule has 162 valence electrons. The fourth-order valence-electron chi connectivity index (χ4n) is 3.47. The third-order valence-electron chi connectivity index (χ3n) is 4.98. The number of rotatable bonds is 4. The first-order valence-electron chi connectivity index (χ1n) is 10.6. The molecule has 0 amide bonds. The van der Waals surface area contributed by atoms with Crippen molar-refractivity contribution < 1.29 is 8.78 Å². The minimum atomic E-state index is -0.920. The predicted octanol–water partition coefficient (Wildman–Crippen LogP) is 7.18. The zero-order valence-corrected chi connectivity index (χ0v) is 18.7.